The average molecular weight is 686 g/mol. The van der Waals surface area contributed by atoms with Gasteiger partial charge < -0.3 is 0 Å². The second-order valence-electron chi connectivity index (χ2n) is 11.3. The molecule has 4 heteroatoms. The molecule has 0 saturated carbocycles. The molecule has 1 atom stereocenters. The van der Waals surface area contributed by atoms with Crippen LogP contribution < -0.4 is 21.2 Å². The molecule has 0 bridgehead atoms. The molecule has 0 N–H and O–H groups in total. The van der Waals surface area contributed by atoms with Crippen molar-refractivity contribution in [2.45, 2.75) is 5.16 Å². The van der Waals surface area contributed by atoms with E-state index >= 15 is 0 Å². The minimum absolute atomic E-state index is 0.224. The molecule has 0 saturated heterocycles. The predicted octanol–water partition coefficient (Wildman–Crippen LogP) is 10.8. The SMILES string of the molecule is ClP(c1ccccc1)(c1ccccc1)(c1ccccc1)c1ccccc1.ClPC(c1ccccc1)(c1ccccc1)c1ccccc1. The zero-order valence-electron chi connectivity index (χ0n) is 25.9. The van der Waals surface area contributed by atoms with Crippen molar-refractivity contribution in [1.82, 2.24) is 0 Å². The molecule has 0 heterocycles. The van der Waals surface area contributed by atoms with E-state index < -0.39 is 5.96 Å². The van der Waals surface area contributed by atoms with E-state index in [-0.39, 0.29) is 13.1 Å². The molecule has 0 fully saturated rings. The van der Waals surface area contributed by atoms with Crippen molar-refractivity contribution in [2.75, 3.05) is 0 Å². The molecule has 0 amide bonds. The third kappa shape index (κ3) is 6.09. The van der Waals surface area contributed by atoms with Crippen LogP contribution in [0.5, 0.6) is 0 Å². The van der Waals surface area contributed by atoms with Crippen LogP contribution in [0.1, 0.15) is 16.7 Å². The molecule has 0 nitrogen and oxygen atoms in total. The van der Waals surface area contributed by atoms with Crippen molar-refractivity contribution in [1.29, 1.82) is 0 Å². The van der Waals surface area contributed by atoms with Crippen molar-refractivity contribution >= 4 is 57.6 Å². The first kappa shape index (κ1) is 32.9. The Morgan fingerprint density at radius 1 is 0.319 bits per heavy atom. The predicted molar refractivity (Wildman–Crippen MR) is 210 cm³/mol. The van der Waals surface area contributed by atoms with Crippen LogP contribution in [-0.4, -0.2) is 0 Å². The topological polar surface area (TPSA) is 0 Å². The molecular weight excluding hydrogens is 649 g/mol. The van der Waals surface area contributed by atoms with Crippen LogP contribution >= 0.6 is 36.4 Å². The minimum atomic E-state index is -3.34. The van der Waals surface area contributed by atoms with Gasteiger partial charge in [-0.25, -0.2) is 0 Å². The van der Waals surface area contributed by atoms with Crippen molar-refractivity contribution in [3.8, 4) is 0 Å². The molecule has 0 aromatic heterocycles. The molecule has 0 radical (unpaired) electrons. The van der Waals surface area contributed by atoms with Gasteiger partial charge in [0.05, 0.1) is 5.16 Å². The second kappa shape index (κ2) is 14.8. The number of hydrogen-bond donors (Lipinski definition) is 0. The fraction of sp³-hybridized carbons (Fsp3) is 0.0233. The summed E-state index contributed by atoms with van der Waals surface area (Å²) < 4.78 is 0. The Kier molecular flexibility index (Phi) is 10.4. The molecule has 232 valence electrons. The Morgan fingerprint density at radius 2 is 0.511 bits per heavy atom. The molecule has 7 aromatic carbocycles. The summed E-state index contributed by atoms with van der Waals surface area (Å²) in [6.07, 6.45) is 0. The Bertz CT molecular complexity index is 1690. The fourth-order valence-corrected chi connectivity index (χ4v) is 14.3. The third-order valence-corrected chi connectivity index (χ3v) is 18.1. The van der Waals surface area contributed by atoms with E-state index in [1.807, 2.05) is 42.5 Å². The Morgan fingerprint density at radius 3 is 0.702 bits per heavy atom. The quantitative estimate of drug-likeness (QED) is 0.110. The molecule has 0 aliphatic rings. The van der Waals surface area contributed by atoms with Crippen LogP contribution in [0.15, 0.2) is 212 Å². The van der Waals surface area contributed by atoms with Crippen LogP contribution in [0.25, 0.3) is 0 Å². The van der Waals surface area contributed by atoms with Gasteiger partial charge >= 0.3 is 160 Å². The summed E-state index contributed by atoms with van der Waals surface area (Å²) in [6.45, 7) is 0. The minimum Gasteiger partial charge on any atom is -0.0984 e. The van der Waals surface area contributed by atoms with E-state index in [9.17, 15) is 0 Å². The molecule has 0 aliphatic heterocycles. The molecular formula is C43H36Cl2P2. The molecule has 47 heavy (non-hydrogen) atoms. The van der Waals surface area contributed by atoms with Gasteiger partial charge in [-0.2, -0.15) is 0 Å². The standard InChI is InChI=1S/C24H20ClP.C19H16ClP/c25-26(21-13-5-1-6-14-21,22-15-7-2-8-16-22,23-17-9-3-10-18-23)24-19-11-4-12-20-24;20-21-19(16-10-4-1-5-11-16,17-12-6-2-7-13-17)18-14-8-3-9-15-18/h1-20H;1-15,21H. The van der Waals surface area contributed by atoms with Gasteiger partial charge in [-0.3, -0.25) is 0 Å². The van der Waals surface area contributed by atoms with E-state index in [1.165, 1.54) is 16.7 Å². The summed E-state index contributed by atoms with van der Waals surface area (Å²) >= 11 is 14.6. The van der Waals surface area contributed by atoms with E-state index in [1.54, 1.807) is 0 Å². The van der Waals surface area contributed by atoms with Crippen LogP contribution in [0.2, 0.25) is 0 Å². The van der Waals surface area contributed by atoms with Gasteiger partial charge in [0.1, 0.15) is 0 Å². The summed E-state index contributed by atoms with van der Waals surface area (Å²) in [7, 11) is 0.224. The first-order chi connectivity index (χ1) is 23.1. The summed E-state index contributed by atoms with van der Waals surface area (Å²) in [4.78, 5) is 0. The van der Waals surface area contributed by atoms with Crippen LogP contribution in [-0.2, 0) is 5.16 Å². The van der Waals surface area contributed by atoms with Gasteiger partial charge in [0, 0.05) is 0 Å². The normalized spacial score (nSPS) is 12.4. The largest absolute Gasteiger partial charge is 0.0984 e. The average Bonchev–Trinajstić information content (AvgIpc) is 3.18. The molecule has 7 aromatic rings. The first-order valence-corrected chi connectivity index (χ1v) is 20.8. The van der Waals surface area contributed by atoms with E-state index in [0.29, 0.717) is 0 Å². The summed E-state index contributed by atoms with van der Waals surface area (Å²) in [5, 5.41) is 4.34. The fourth-order valence-electron chi connectivity index (χ4n) is 6.45. The smallest absolute Gasteiger partial charge is 0.0763 e. The molecule has 7 rings (SSSR count). The monoisotopic (exact) mass is 684 g/mol. The number of hydrogen-bond acceptors (Lipinski definition) is 0. The van der Waals surface area contributed by atoms with Gasteiger partial charge in [-0.15, -0.1) is 0 Å². The van der Waals surface area contributed by atoms with Gasteiger partial charge in [-0.05, 0) is 24.6 Å². The van der Waals surface area contributed by atoms with Crippen LogP contribution in [0.4, 0.5) is 0 Å². The third-order valence-electron chi connectivity index (χ3n) is 8.73. The number of halogens is 2. The van der Waals surface area contributed by atoms with Gasteiger partial charge in [0.15, 0.2) is 0 Å². The Balaban J connectivity index is 0.000000168. The van der Waals surface area contributed by atoms with E-state index in [4.69, 9.17) is 22.5 Å². The van der Waals surface area contributed by atoms with E-state index in [2.05, 4.69) is 170 Å². The van der Waals surface area contributed by atoms with Crippen molar-refractivity contribution < 1.29 is 0 Å². The summed E-state index contributed by atoms with van der Waals surface area (Å²) in [5.41, 5.74) is 3.70. The Hall–Kier alpha value is -4.02. The zero-order valence-corrected chi connectivity index (χ0v) is 29.3. The number of benzene rings is 7. The summed E-state index contributed by atoms with van der Waals surface area (Å²) in [6, 6.07) is 73.7. The molecule has 1 unspecified atom stereocenters. The van der Waals surface area contributed by atoms with E-state index in [0.717, 1.165) is 21.2 Å². The van der Waals surface area contributed by atoms with Gasteiger partial charge in [0.25, 0.3) is 0 Å². The molecule has 0 spiro atoms. The maximum absolute atomic E-state index is 8.03. The van der Waals surface area contributed by atoms with Crippen LogP contribution in [0, 0.1) is 0 Å². The summed E-state index contributed by atoms with van der Waals surface area (Å²) in [5.74, 6) is -3.34. The van der Waals surface area contributed by atoms with Crippen molar-refractivity contribution in [3.63, 3.8) is 0 Å². The van der Waals surface area contributed by atoms with Crippen molar-refractivity contribution in [3.05, 3.63) is 229 Å². The zero-order chi connectivity index (χ0) is 32.4. The van der Waals surface area contributed by atoms with Gasteiger partial charge in [-0.1, -0.05) is 102 Å². The molecule has 0 aliphatic carbocycles. The van der Waals surface area contributed by atoms with Gasteiger partial charge in [0.2, 0.25) is 0 Å². The maximum Gasteiger partial charge on any atom is 0.0763 e. The second-order valence-corrected chi connectivity index (χ2v) is 18.9. The van der Waals surface area contributed by atoms with Crippen LogP contribution in [0.3, 0.4) is 0 Å². The van der Waals surface area contributed by atoms with Crippen molar-refractivity contribution in [2.24, 2.45) is 0 Å². The maximum atomic E-state index is 8.03. The first-order valence-electron chi connectivity index (χ1n) is 15.6. The number of rotatable bonds is 8. The Labute approximate surface area is 290 Å².